The highest BCUT2D eigenvalue weighted by Gasteiger charge is 2.10. The quantitative estimate of drug-likeness (QED) is 0.733. The fourth-order valence-electron chi connectivity index (χ4n) is 2.78. The van der Waals surface area contributed by atoms with E-state index in [1.54, 1.807) is 0 Å². The Labute approximate surface area is 140 Å². The summed E-state index contributed by atoms with van der Waals surface area (Å²) < 4.78 is 0. The van der Waals surface area contributed by atoms with Gasteiger partial charge in [0.15, 0.2) is 0 Å². The molecule has 0 aliphatic carbocycles. The molecule has 1 amide bonds. The highest BCUT2D eigenvalue weighted by molar-refractivity contribution is 6.31. The van der Waals surface area contributed by atoms with Gasteiger partial charge in [-0.05, 0) is 56.2 Å². The zero-order valence-electron chi connectivity index (χ0n) is 13.2. The lowest BCUT2D eigenvalue weighted by molar-refractivity contribution is 0.0954. The van der Waals surface area contributed by atoms with E-state index in [1.165, 1.54) is 5.56 Å². The largest absolute Gasteiger partial charge is 0.358 e. The molecule has 2 N–H and O–H groups in total. The van der Waals surface area contributed by atoms with Gasteiger partial charge in [-0.2, -0.15) is 0 Å². The Kier molecular flexibility index (Phi) is 4.39. The van der Waals surface area contributed by atoms with E-state index in [9.17, 15) is 4.79 Å². The van der Waals surface area contributed by atoms with E-state index < -0.39 is 0 Å². The number of fused-ring (bicyclic) bond motifs is 1. The van der Waals surface area contributed by atoms with Gasteiger partial charge in [-0.3, -0.25) is 4.79 Å². The molecule has 0 spiro atoms. The number of aromatic amines is 1. The Morgan fingerprint density at radius 3 is 2.61 bits per heavy atom. The number of halogens is 1. The molecular formula is C19H19ClN2O. The number of aryl methyl sites for hydroxylation is 2. The number of H-pyrrole nitrogens is 1. The summed E-state index contributed by atoms with van der Waals surface area (Å²) in [6.45, 7) is 4.64. The van der Waals surface area contributed by atoms with Gasteiger partial charge >= 0.3 is 0 Å². The molecule has 3 rings (SSSR count). The molecule has 0 saturated carbocycles. The van der Waals surface area contributed by atoms with E-state index in [2.05, 4.69) is 10.3 Å². The molecule has 0 aliphatic rings. The smallest absolute Gasteiger partial charge is 0.251 e. The second-order valence-electron chi connectivity index (χ2n) is 5.79. The third kappa shape index (κ3) is 3.40. The molecule has 0 saturated heterocycles. The van der Waals surface area contributed by atoms with Gasteiger partial charge in [-0.15, -0.1) is 0 Å². The lowest BCUT2D eigenvalue weighted by atomic mass is 10.1. The van der Waals surface area contributed by atoms with E-state index in [4.69, 9.17) is 11.6 Å². The maximum absolute atomic E-state index is 12.1. The predicted octanol–water partition coefficient (Wildman–Crippen LogP) is 4.41. The molecule has 0 radical (unpaired) electrons. The predicted molar refractivity (Wildman–Crippen MR) is 95.3 cm³/mol. The fourth-order valence-corrected chi connectivity index (χ4v) is 2.96. The van der Waals surface area contributed by atoms with Gasteiger partial charge in [0.2, 0.25) is 0 Å². The number of carbonyl (C=O) groups is 1. The Balaban J connectivity index is 1.69. The number of hydrogen-bond acceptors (Lipinski definition) is 1. The first-order valence-corrected chi connectivity index (χ1v) is 8.04. The summed E-state index contributed by atoms with van der Waals surface area (Å²) in [4.78, 5) is 15.5. The van der Waals surface area contributed by atoms with Crippen LogP contribution in [0.15, 0.2) is 42.5 Å². The first kappa shape index (κ1) is 15.6. The molecule has 4 heteroatoms. The fraction of sp³-hybridized carbons (Fsp3) is 0.211. The van der Waals surface area contributed by atoms with Crippen LogP contribution in [0.5, 0.6) is 0 Å². The standard InChI is InChI=1S/C19H19ClN2O/c1-12-3-5-14(6-4-12)19(23)21-10-9-16-13(2)22-18-8-7-15(20)11-17(16)18/h3-8,11,22H,9-10H2,1-2H3,(H,21,23). The number of aromatic nitrogens is 1. The van der Waals surface area contributed by atoms with Gasteiger partial charge in [0.1, 0.15) is 0 Å². The molecule has 0 fully saturated rings. The normalized spacial score (nSPS) is 10.9. The number of nitrogens with one attached hydrogen (secondary N) is 2. The van der Waals surface area contributed by atoms with Crippen LogP contribution in [-0.4, -0.2) is 17.4 Å². The topological polar surface area (TPSA) is 44.9 Å². The molecule has 0 bridgehead atoms. The summed E-state index contributed by atoms with van der Waals surface area (Å²) in [7, 11) is 0. The minimum atomic E-state index is -0.0412. The van der Waals surface area contributed by atoms with Crippen molar-refractivity contribution in [1.29, 1.82) is 0 Å². The highest BCUT2D eigenvalue weighted by Crippen LogP contribution is 2.25. The van der Waals surface area contributed by atoms with E-state index in [0.717, 1.165) is 33.6 Å². The monoisotopic (exact) mass is 326 g/mol. The molecule has 3 nitrogen and oxygen atoms in total. The number of carbonyl (C=O) groups excluding carboxylic acids is 1. The lowest BCUT2D eigenvalue weighted by Crippen LogP contribution is -2.25. The second kappa shape index (κ2) is 6.47. The minimum Gasteiger partial charge on any atom is -0.358 e. The van der Waals surface area contributed by atoms with Crippen LogP contribution in [-0.2, 0) is 6.42 Å². The van der Waals surface area contributed by atoms with Crippen molar-refractivity contribution in [2.24, 2.45) is 0 Å². The summed E-state index contributed by atoms with van der Waals surface area (Å²) in [6, 6.07) is 13.4. The summed E-state index contributed by atoms with van der Waals surface area (Å²) in [5.74, 6) is -0.0412. The lowest BCUT2D eigenvalue weighted by Gasteiger charge is -2.06. The van der Waals surface area contributed by atoms with Crippen LogP contribution >= 0.6 is 11.6 Å². The zero-order chi connectivity index (χ0) is 16.4. The van der Waals surface area contributed by atoms with E-state index in [-0.39, 0.29) is 5.91 Å². The van der Waals surface area contributed by atoms with Crippen LogP contribution in [0.2, 0.25) is 5.02 Å². The van der Waals surface area contributed by atoms with E-state index in [1.807, 2.05) is 56.3 Å². The molecule has 118 valence electrons. The van der Waals surface area contributed by atoms with E-state index >= 15 is 0 Å². The molecule has 1 heterocycles. The number of hydrogen-bond donors (Lipinski definition) is 2. The molecule has 2 aromatic carbocycles. The number of rotatable bonds is 4. The SMILES string of the molecule is Cc1ccc(C(=O)NCCc2c(C)[nH]c3ccc(Cl)cc23)cc1. The number of amides is 1. The Morgan fingerprint density at radius 2 is 1.87 bits per heavy atom. The van der Waals surface area contributed by atoms with Gasteiger partial charge in [-0.1, -0.05) is 29.3 Å². The Morgan fingerprint density at radius 1 is 1.13 bits per heavy atom. The van der Waals surface area contributed by atoms with Crippen molar-refractivity contribution in [3.63, 3.8) is 0 Å². The summed E-state index contributed by atoms with van der Waals surface area (Å²) >= 11 is 6.09. The molecule has 0 unspecified atom stereocenters. The van der Waals surface area contributed by atoms with Crippen LogP contribution in [0.25, 0.3) is 10.9 Å². The average molecular weight is 327 g/mol. The third-order valence-corrected chi connectivity index (χ3v) is 4.29. The first-order chi connectivity index (χ1) is 11.0. The highest BCUT2D eigenvalue weighted by atomic mass is 35.5. The third-order valence-electron chi connectivity index (χ3n) is 4.06. The average Bonchev–Trinajstić information content (AvgIpc) is 2.83. The van der Waals surface area contributed by atoms with Crippen LogP contribution < -0.4 is 5.32 Å². The van der Waals surface area contributed by atoms with Gasteiger partial charge in [0, 0.05) is 33.7 Å². The number of benzene rings is 2. The summed E-state index contributed by atoms with van der Waals surface area (Å²) in [6.07, 6.45) is 0.768. The van der Waals surface area contributed by atoms with Gasteiger partial charge in [0.25, 0.3) is 5.91 Å². The van der Waals surface area contributed by atoms with Crippen molar-refractivity contribution in [2.45, 2.75) is 20.3 Å². The summed E-state index contributed by atoms with van der Waals surface area (Å²) in [5, 5.41) is 4.83. The van der Waals surface area contributed by atoms with Gasteiger partial charge in [-0.25, -0.2) is 0 Å². The van der Waals surface area contributed by atoms with Crippen LogP contribution in [0.3, 0.4) is 0 Å². The molecular weight excluding hydrogens is 308 g/mol. The second-order valence-corrected chi connectivity index (χ2v) is 6.23. The maximum atomic E-state index is 12.1. The molecule has 23 heavy (non-hydrogen) atoms. The molecule has 1 aromatic heterocycles. The van der Waals surface area contributed by atoms with Crippen LogP contribution in [0.1, 0.15) is 27.2 Å². The molecule has 0 atom stereocenters. The zero-order valence-corrected chi connectivity index (χ0v) is 14.0. The van der Waals surface area contributed by atoms with Crippen molar-refractivity contribution < 1.29 is 4.79 Å². The summed E-state index contributed by atoms with van der Waals surface area (Å²) in [5.41, 5.74) is 5.23. The van der Waals surface area contributed by atoms with Crippen molar-refractivity contribution in [2.75, 3.05) is 6.54 Å². The minimum absolute atomic E-state index is 0.0412. The first-order valence-electron chi connectivity index (χ1n) is 7.66. The van der Waals surface area contributed by atoms with Gasteiger partial charge in [0.05, 0.1) is 0 Å². The van der Waals surface area contributed by atoms with Crippen molar-refractivity contribution >= 4 is 28.4 Å². The van der Waals surface area contributed by atoms with Crippen molar-refractivity contribution in [3.8, 4) is 0 Å². The Bertz CT molecular complexity index is 850. The maximum Gasteiger partial charge on any atom is 0.251 e. The Hall–Kier alpha value is -2.26. The van der Waals surface area contributed by atoms with E-state index in [0.29, 0.717) is 12.1 Å². The molecule has 3 aromatic rings. The van der Waals surface area contributed by atoms with Gasteiger partial charge < -0.3 is 10.3 Å². The van der Waals surface area contributed by atoms with Crippen molar-refractivity contribution in [3.05, 3.63) is 69.9 Å². The van der Waals surface area contributed by atoms with Crippen LogP contribution in [0.4, 0.5) is 0 Å². The van der Waals surface area contributed by atoms with Crippen molar-refractivity contribution in [1.82, 2.24) is 10.3 Å². The molecule has 0 aliphatic heterocycles. The van der Waals surface area contributed by atoms with Crippen LogP contribution in [0, 0.1) is 13.8 Å².